The average Bonchev–Trinajstić information content (AvgIpc) is 3.43. The highest BCUT2D eigenvalue weighted by Gasteiger charge is 2.34. The quantitative estimate of drug-likeness (QED) is 0.244. The van der Waals surface area contributed by atoms with Gasteiger partial charge in [0.15, 0.2) is 0 Å². The van der Waals surface area contributed by atoms with Crippen LogP contribution in [0.1, 0.15) is 48.2 Å². The van der Waals surface area contributed by atoms with E-state index in [0.29, 0.717) is 35.1 Å². The van der Waals surface area contributed by atoms with Crippen LogP contribution >= 0.6 is 35.6 Å². The second-order valence-corrected chi connectivity index (χ2v) is 10.6. The van der Waals surface area contributed by atoms with Gasteiger partial charge in [0.1, 0.15) is 11.9 Å². The Bertz CT molecular complexity index is 1310. The van der Waals surface area contributed by atoms with Crippen LogP contribution in [0.5, 0.6) is 0 Å². The molecular formula is C30H32Cl3N3O2. The number of nitrogens with zero attached hydrogens (tertiary/aromatic N) is 3. The lowest BCUT2D eigenvalue weighted by Gasteiger charge is -2.39. The third-order valence-electron chi connectivity index (χ3n) is 7.47. The van der Waals surface area contributed by atoms with E-state index >= 15 is 0 Å². The summed E-state index contributed by atoms with van der Waals surface area (Å²) in [6.45, 7) is 2.35. The smallest absolute Gasteiger partial charge is 0.142 e. The second kappa shape index (κ2) is 12.6. The molecule has 1 saturated heterocycles. The number of likely N-dealkylation sites (tertiary alicyclic amines) is 1. The van der Waals surface area contributed by atoms with Crippen LogP contribution in [0.4, 0.5) is 0 Å². The summed E-state index contributed by atoms with van der Waals surface area (Å²) in [5.74, 6) is 0.342. The Balaban J connectivity index is 0.00000336. The summed E-state index contributed by atoms with van der Waals surface area (Å²) >= 11 is 12.6. The van der Waals surface area contributed by atoms with E-state index in [2.05, 4.69) is 9.88 Å². The SMILES string of the molecule is Cl.OC(c1nccn1-c1ccccc1)C(CCN1CCC(O)(c2ccccc2)CC1)c1ccc(Cl)c(Cl)c1. The Hall–Kier alpha value is -2.38. The van der Waals surface area contributed by atoms with Gasteiger partial charge in [-0.3, -0.25) is 0 Å². The first kappa shape index (κ1) is 28.6. The third-order valence-corrected chi connectivity index (χ3v) is 8.21. The largest absolute Gasteiger partial charge is 0.385 e. The molecule has 1 aromatic heterocycles. The van der Waals surface area contributed by atoms with Crippen molar-refractivity contribution in [1.29, 1.82) is 0 Å². The van der Waals surface area contributed by atoms with Crippen molar-refractivity contribution >= 4 is 35.6 Å². The Morgan fingerprint density at radius 1 is 0.895 bits per heavy atom. The predicted octanol–water partition coefficient (Wildman–Crippen LogP) is 6.79. The van der Waals surface area contributed by atoms with Crippen molar-refractivity contribution in [3.05, 3.63) is 118 Å². The van der Waals surface area contributed by atoms with Gasteiger partial charge in [-0.15, -0.1) is 12.4 Å². The Kier molecular flexibility index (Phi) is 9.53. The molecule has 0 bridgehead atoms. The van der Waals surface area contributed by atoms with E-state index in [1.165, 1.54) is 0 Å². The molecule has 2 unspecified atom stereocenters. The zero-order chi connectivity index (χ0) is 25.8. The first-order valence-electron chi connectivity index (χ1n) is 12.7. The van der Waals surface area contributed by atoms with Crippen LogP contribution in [0.2, 0.25) is 10.0 Å². The van der Waals surface area contributed by atoms with Gasteiger partial charge in [-0.2, -0.15) is 0 Å². The van der Waals surface area contributed by atoms with Gasteiger partial charge in [-0.25, -0.2) is 4.98 Å². The fraction of sp³-hybridized carbons (Fsp3) is 0.300. The summed E-state index contributed by atoms with van der Waals surface area (Å²) in [5, 5.41) is 23.8. The maximum absolute atomic E-state index is 11.7. The fourth-order valence-corrected chi connectivity index (χ4v) is 5.58. The maximum Gasteiger partial charge on any atom is 0.142 e. The van der Waals surface area contributed by atoms with E-state index in [4.69, 9.17) is 23.2 Å². The minimum atomic E-state index is -0.849. The van der Waals surface area contributed by atoms with Crippen LogP contribution in [-0.4, -0.2) is 44.3 Å². The number of hydrogen-bond acceptors (Lipinski definition) is 4. The lowest BCUT2D eigenvalue weighted by molar-refractivity contribution is -0.0272. The maximum atomic E-state index is 11.7. The second-order valence-electron chi connectivity index (χ2n) is 9.74. The van der Waals surface area contributed by atoms with Crippen LogP contribution in [0.15, 0.2) is 91.3 Å². The van der Waals surface area contributed by atoms with E-state index in [-0.39, 0.29) is 18.3 Å². The van der Waals surface area contributed by atoms with Gasteiger partial charge in [0.2, 0.25) is 0 Å². The van der Waals surface area contributed by atoms with Gasteiger partial charge in [0.25, 0.3) is 0 Å². The molecule has 1 fully saturated rings. The molecule has 0 spiro atoms. The van der Waals surface area contributed by atoms with Gasteiger partial charge in [-0.1, -0.05) is 77.8 Å². The molecule has 1 aliphatic rings. The van der Waals surface area contributed by atoms with E-state index in [1.807, 2.05) is 83.6 Å². The number of aliphatic hydroxyl groups is 2. The van der Waals surface area contributed by atoms with Gasteiger partial charge >= 0.3 is 0 Å². The van der Waals surface area contributed by atoms with Crippen molar-refractivity contribution in [2.24, 2.45) is 0 Å². The molecule has 1 aliphatic heterocycles. The Morgan fingerprint density at radius 2 is 1.55 bits per heavy atom. The van der Waals surface area contributed by atoms with Crippen LogP contribution in [0, 0.1) is 0 Å². The minimum absolute atomic E-state index is 0. The highest BCUT2D eigenvalue weighted by Crippen LogP contribution is 2.38. The van der Waals surface area contributed by atoms with Gasteiger partial charge in [0.05, 0.1) is 15.6 Å². The monoisotopic (exact) mass is 571 g/mol. The van der Waals surface area contributed by atoms with Crippen LogP contribution in [0.25, 0.3) is 5.69 Å². The summed E-state index contributed by atoms with van der Waals surface area (Å²) in [4.78, 5) is 6.89. The number of rotatable bonds is 8. The molecule has 5 nitrogen and oxygen atoms in total. The lowest BCUT2D eigenvalue weighted by Crippen LogP contribution is -2.43. The van der Waals surface area contributed by atoms with Crippen molar-refractivity contribution in [3.8, 4) is 5.69 Å². The third kappa shape index (κ3) is 6.26. The fourth-order valence-electron chi connectivity index (χ4n) is 5.28. The number of aliphatic hydroxyl groups excluding tert-OH is 1. The molecule has 0 radical (unpaired) electrons. The van der Waals surface area contributed by atoms with E-state index in [0.717, 1.165) is 36.4 Å². The van der Waals surface area contributed by atoms with Crippen molar-refractivity contribution < 1.29 is 10.2 Å². The molecule has 8 heteroatoms. The van der Waals surface area contributed by atoms with Crippen LogP contribution in [0.3, 0.4) is 0 Å². The predicted molar refractivity (Wildman–Crippen MR) is 156 cm³/mol. The summed E-state index contributed by atoms with van der Waals surface area (Å²) in [6, 6.07) is 25.4. The molecule has 2 atom stereocenters. The van der Waals surface area contributed by atoms with Gasteiger partial charge in [0, 0.05) is 37.1 Å². The van der Waals surface area contributed by atoms with E-state index in [1.54, 1.807) is 12.3 Å². The number of para-hydroxylation sites is 1. The van der Waals surface area contributed by atoms with Crippen molar-refractivity contribution in [3.63, 3.8) is 0 Å². The summed E-state index contributed by atoms with van der Waals surface area (Å²) in [7, 11) is 0. The van der Waals surface area contributed by atoms with Crippen molar-refractivity contribution in [2.45, 2.75) is 36.9 Å². The molecular weight excluding hydrogens is 541 g/mol. The first-order valence-corrected chi connectivity index (χ1v) is 13.4. The standard InChI is InChI=1S/C30H31Cl2N3O2.ClH/c31-26-12-11-22(21-27(26)32)25(28(36)29-33-16-20-35(29)24-9-5-2-6-10-24)13-17-34-18-14-30(37,15-19-34)23-7-3-1-4-8-23;/h1-12,16,20-21,25,28,36-37H,13-15,17-19H2;1H. The molecule has 2 heterocycles. The molecule has 3 aromatic carbocycles. The molecule has 38 heavy (non-hydrogen) atoms. The Morgan fingerprint density at radius 3 is 2.21 bits per heavy atom. The summed E-state index contributed by atoms with van der Waals surface area (Å²) in [6.07, 6.45) is 4.79. The average molecular weight is 573 g/mol. The van der Waals surface area contributed by atoms with Crippen molar-refractivity contribution in [1.82, 2.24) is 14.5 Å². The summed E-state index contributed by atoms with van der Waals surface area (Å²) < 4.78 is 1.93. The van der Waals surface area contributed by atoms with Crippen LogP contribution in [-0.2, 0) is 5.60 Å². The topological polar surface area (TPSA) is 61.5 Å². The number of aromatic nitrogens is 2. The molecule has 0 aliphatic carbocycles. The highest BCUT2D eigenvalue weighted by atomic mass is 35.5. The van der Waals surface area contributed by atoms with E-state index < -0.39 is 11.7 Å². The molecule has 5 rings (SSSR count). The zero-order valence-electron chi connectivity index (χ0n) is 21.0. The first-order chi connectivity index (χ1) is 17.9. The highest BCUT2D eigenvalue weighted by molar-refractivity contribution is 6.42. The van der Waals surface area contributed by atoms with Gasteiger partial charge in [-0.05, 0) is 61.2 Å². The normalized spacial score (nSPS) is 16.9. The molecule has 4 aromatic rings. The number of hydrogen-bond donors (Lipinski definition) is 2. The van der Waals surface area contributed by atoms with Crippen molar-refractivity contribution in [2.75, 3.05) is 19.6 Å². The Labute approximate surface area is 240 Å². The molecule has 200 valence electrons. The van der Waals surface area contributed by atoms with Crippen LogP contribution < -0.4 is 0 Å². The number of imidazole rings is 1. The van der Waals surface area contributed by atoms with Gasteiger partial charge < -0.3 is 19.7 Å². The molecule has 0 saturated carbocycles. The number of piperidine rings is 1. The minimum Gasteiger partial charge on any atom is -0.385 e. The number of halogens is 3. The molecule has 2 N–H and O–H groups in total. The van der Waals surface area contributed by atoms with E-state index in [9.17, 15) is 10.2 Å². The summed E-state index contributed by atoms with van der Waals surface area (Å²) in [5.41, 5.74) is 2.05. The molecule has 0 amide bonds. The lowest BCUT2D eigenvalue weighted by atomic mass is 9.84. The number of benzene rings is 3. The zero-order valence-corrected chi connectivity index (χ0v) is 23.3.